The molecule has 3 N–H and O–H groups in total. The summed E-state index contributed by atoms with van der Waals surface area (Å²) in [6.07, 6.45) is 0.821. The first-order chi connectivity index (χ1) is 4.34. The van der Waals surface area contributed by atoms with E-state index in [1.54, 1.807) is 11.6 Å². The zero-order chi connectivity index (χ0) is 6.69. The Morgan fingerprint density at radius 1 is 1.78 bits per heavy atom. The largest absolute Gasteiger partial charge is 0.392 e. The van der Waals surface area contributed by atoms with E-state index in [1.165, 1.54) is 17.0 Å². The molecule has 0 aromatic heterocycles. The van der Waals surface area contributed by atoms with Crippen LogP contribution in [0.25, 0.3) is 0 Å². The van der Waals surface area contributed by atoms with Gasteiger partial charge >= 0.3 is 0 Å². The van der Waals surface area contributed by atoms with Crippen LogP contribution in [0.15, 0.2) is 11.6 Å². The van der Waals surface area contributed by atoms with Gasteiger partial charge in [0.1, 0.15) is 0 Å². The number of aliphatic hydroxyl groups is 2. The van der Waals surface area contributed by atoms with E-state index in [2.05, 4.69) is 4.83 Å². The average Bonchev–Trinajstić information content (AvgIpc) is 2.37. The average molecular weight is 148 g/mol. The summed E-state index contributed by atoms with van der Waals surface area (Å²) in [7, 11) is 0. The van der Waals surface area contributed by atoms with Crippen molar-refractivity contribution >= 4 is 11.9 Å². The van der Waals surface area contributed by atoms with Crippen molar-refractivity contribution in [2.45, 2.75) is 6.23 Å². The van der Waals surface area contributed by atoms with E-state index in [1.807, 2.05) is 0 Å². The molecule has 1 atom stereocenters. The number of hydrazine groups is 1. The first-order valence-electron chi connectivity index (χ1n) is 2.50. The van der Waals surface area contributed by atoms with Crippen LogP contribution >= 0.6 is 11.9 Å². The molecule has 5 heteroatoms. The van der Waals surface area contributed by atoms with Crippen LogP contribution in [-0.4, -0.2) is 28.1 Å². The maximum atomic E-state index is 8.91. The van der Waals surface area contributed by atoms with Gasteiger partial charge < -0.3 is 10.2 Å². The molecule has 1 heterocycles. The Labute approximate surface area is 57.3 Å². The Bertz CT molecular complexity index is 119. The highest BCUT2D eigenvalue weighted by Crippen LogP contribution is 2.09. The quantitative estimate of drug-likeness (QED) is 0.449. The number of nitrogens with zero attached hydrogens (tertiary/aromatic N) is 1. The Balaban J connectivity index is 2.33. The van der Waals surface area contributed by atoms with Crippen molar-refractivity contribution < 1.29 is 10.2 Å². The third kappa shape index (κ3) is 1.59. The summed E-state index contributed by atoms with van der Waals surface area (Å²) in [5.74, 6) is 0. The molecule has 0 aromatic carbocycles. The summed E-state index contributed by atoms with van der Waals surface area (Å²) >= 11 is 1.35. The van der Waals surface area contributed by atoms with Crippen LogP contribution in [0.3, 0.4) is 0 Å². The molecule has 0 saturated heterocycles. The summed E-state index contributed by atoms with van der Waals surface area (Å²) in [5.41, 5.74) is 0. The molecular weight excluding hydrogens is 140 g/mol. The molecule has 0 saturated carbocycles. The van der Waals surface area contributed by atoms with Gasteiger partial charge in [0.05, 0.1) is 6.61 Å². The Morgan fingerprint density at radius 3 is 3.00 bits per heavy atom. The normalized spacial score (nSPS) is 20.9. The van der Waals surface area contributed by atoms with Gasteiger partial charge in [-0.2, -0.15) is 4.83 Å². The molecule has 1 aliphatic rings. The van der Waals surface area contributed by atoms with Crippen molar-refractivity contribution in [3.63, 3.8) is 0 Å². The zero-order valence-electron chi connectivity index (χ0n) is 4.69. The SMILES string of the molecule is OCC(O)N1C=CSN1. The molecule has 0 aromatic rings. The summed E-state index contributed by atoms with van der Waals surface area (Å²) in [6, 6.07) is 0. The minimum absolute atomic E-state index is 0.266. The predicted molar refractivity (Wildman–Crippen MR) is 34.8 cm³/mol. The van der Waals surface area contributed by atoms with Gasteiger partial charge in [-0.3, -0.25) is 5.01 Å². The molecule has 4 nitrogen and oxygen atoms in total. The van der Waals surface area contributed by atoms with Gasteiger partial charge in [-0.15, -0.1) is 0 Å². The molecule has 1 rings (SSSR count). The number of rotatable bonds is 2. The Hall–Kier alpha value is -0.230. The number of nitrogens with one attached hydrogen (secondary N) is 1. The monoisotopic (exact) mass is 148 g/mol. The van der Waals surface area contributed by atoms with Crippen LogP contribution in [0, 0.1) is 0 Å². The van der Waals surface area contributed by atoms with Gasteiger partial charge in [-0.05, 0) is 11.9 Å². The van der Waals surface area contributed by atoms with Crippen molar-refractivity contribution in [2.75, 3.05) is 6.61 Å². The van der Waals surface area contributed by atoms with Gasteiger partial charge in [0.25, 0.3) is 0 Å². The van der Waals surface area contributed by atoms with E-state index in [0.29, 0.717) is 0 Å². The van der Waals surface area contributed by atoms with Crippen LogP contribution in [0.5, 0.6) is 0 Å². The molecule has 52 valence electrons. The second-order valence-corrected chi connectivity index (χ2v) is 2.26. The molecule has 1 unspecified atom stereocenters. The van der Waals surface area contributed by atoms with Crippen molar-refractivity contribution in [2.24, 2.45) is 0 Å². The van der Waals surface area contributed by atoms with E-state index in [0.717, 1.165) is 0 Å². The minimum Gasteiger partial charge on any atom is -0.392 e. The van der Waals surface area contributed by atoms with Crippen molar-refractivity contribution in [3.8, 4) is 0 Å². The summed E-state index contributed by atoms with van der Waals surface area (Å²) < 4.78 is 0. The van der Waals surface area contributed by atoms with E-state index in [9.17, 15) is 0 Å². The van der Waals surface area contributed by atoms with Gasteiger partial charge in [-0.1, -0.05) is 0 Å². The Morgan fingerprint density at radius 2 is 2.56 bits per heavy atom. The lowest BCUT2D eigenvalue weighted by Crippen LogP contribution is -2.37. The standard InChI is InChI=1S/C4H8N2O2S/c7-3-4(8)6-1-2-9-5-6/h1-2,4-5,7-8H,3H2. The van der Waals surface area contributed by atoms with Crippen molar-refractivity contribution in [1.82, 2.24) is 9.84 Å². The summed E-state index contributed by atoms with van der Waals surface area (Å²) in [5, 5.41) is 20.5. The molecule has 1 aliphatic heterocycles. The third-order valence-electron chi connectivity index (χ3n) is 0.932. The van der Waals surface area contributed by atoms with Gasteiger partial charge in [0.2, 0.25) is 0 Å². The molecule has 0 fully saturated rings. The maximum Gasteiger partial charge on any atom is 0.164 e. The van der Waals surface area contributed by atoms with Gasteiger partial charge in [0.15, 0.2) is 6.23 Å². The first kappa shape index (κ1) is 6.88. The van der Waals surface area contributed by atoms with E-state index >= 15 is 0 Å². The van der Waals surface area contributed by atoms with Crippen LogP contribution in [-0.2, 0) is 0 Å². The first-order valence-corrected chi connectivity index (χ1v) is 3.38. The fraction of sp³-hybridized carbons (Fsp3) is 0.500. The van der Waals surface area contributed by atoms with E-state index < -0.39 is 6.23 Å². The second kappa shape index (κ2) is 3.07. The molecule has 0 radical (unpaired) electrons. The highest BCUT2D eigenvalue weighted by atomic mass is 32.2. The topological polar surface area (TPSA) is 55.7 Å². The molecule has 0 amide bonds. The lowest BCUT2D eigenvalue weighted by molar-refractivity contribution is -0.0160. The molecule has 0 bridgehead atoms. The van der Waals surface area contributed by atoms with E-state index in [4.69, 9.17) is 10.2 Å². The van der Waals surface area contributed by atoms with E-state index in [-0.39, 0.29) is 6.61 Å². The fourth-order valence-electron chi connectivity index (χ4n) is 0.466. The zero-order valence-corrected chi connectivity index (χ0v) is 5.51. The van der Waals surface area contributed by atoms with Gasteiger partial charge in [-0.25, -0.2) is 0 Å². The van der Waals surface area contributed by atoms with Crippen LogP contribution in [0.4, 0.5) is 0 Å². The maximum absolute atomic E-state index is 8.91. The lowest BCUT2D eigenvalue weighted by atomic mass is 10.6. The molecular formula is C4H8N2O2S. The van der Waals surface area contributed by atoms with Crippen LogP contribution in [0.1, 0.15) is 0 Å². The highest BCUT2D eigenvalue weighted by Gasteiger charge is 2.12. The second-order valence-electron chi connectivity index (χ2n) is 1.56. The number of aliphatic hydroxyl groups excluding tert-OH is 2. The number of hydrogen-bond donors (Lipinski definition) is 3. The molecule has 0 aliphatic carbocycles. The van der Waals surface area contributed by atoms with Crippen molar-refractivity contribution in [1.29, 1.82) is 0 Å². The van der Waals surface area contributed by atoms with Crippen LogP contribution < -0.4 is 4.83 Å². The lowest BCUT2D eigenvalue weighted by Gasteiger charge is -2.19. The fourth-order valence-corrected chi connectivity index (χ4v) is 1.02. The molecule has 0 spiro atoms. The smallest absolute Gasteiger partial charge is 0.164 e. The van der Waals surface area contributed by atoms with Gasteiger partial charge in [0, 0.05) is 11.6 Å². The summed E-state index contributed by atoms with van der Waals surface area (Å²) in [6.45, 7) is -0.266. The van der Waals surface area contributed by atoms with Crippen molar-refractivity contribution in [3.05, 3.63) is 11.6 Å². The summed E-state index contributed by atoms with van der Waals surface area (Å²) in [4.78, 5) is 2.74. The highest BCUT2D eigenvalue weighted by molar-refractivity contribution is 8.00. The number of hydrogen-bond acceptors (Lipinski definition) is 5. The minimum atomic E-state index is -0.837. The predicted octanol–water partition coefficient (Wildman–Crippen LogP) is -0.763. The molecule has 9 heavy (non-hydrogen) atoms. The Kier molecular flexibility index (Phi) is 2.35. The third-order valence-corrected chi connectivity index (χ3v) is 1.51. The van der Waals surface area contributed by atoms with Crippen LogP contribution in [0.2, 0.25) is 0 Å².